The Bertz CT molecular complexity index is 1320. The summed E-state index contributed by atoms with van der Waals surface area (Å²) in [6, 6.07) is 25.4. The minimum absolute atomic E-state index is 0.103. The number of carbonyl (C=O) groups is 1. The minimum atomic E-state index is -1.17. The van der Waals surface area contributed by atoms with E-state index in [9.17, 15) is 4.79 Å². The third-order valence-corrected chi connectivity index (χ3v) is 5.05. The molecule has 3 aromatic rings. The van der Waals surface area contributed by atoms with E-state index in [0.29, 0.717) is 11.4 Å². The number of benzodiazepines with no additional fused rings is 1. The van der Waals surface area contributed by atoms with Gasteiger partial charge in [0.25, 0.3) is 11.9 Å². The molecule has 1 aliphatic rings. The molecule has 9 heteroatoms. The van der Waals surface area contributed by atoms with Crippen LogP contribution in [-0.2, 0) is 9.53 Å². The predicted octanol–water partition coefficient (Wildman–Crippen LogP) is 3.97. The van der Waals surface area contributed by atoms with Crippen LogP contribution in [0.25, 0.3) is 0 Å². The lowest BCUT2D eigenvalue weighted by atomic mass is 10.0. The summed E-state index contributed by atoms with van der Waals surface area (Å²) >= 11 is 0. The summed E-state index contributed by atoms with van der Waals surface area (Å²) in [5, 5.41) is 32.3. The first kappa shape index (κ1) is 23.1. The molecule has 9 nitrogen and oxygen atoms in total. The van der Waals surface area contributed by atoms with E-state index in [-0.39, 0.29) is 5.57 Å². The predicted molar refractivity (Wildman–Crippen MR) is 138 cm³/mol. The van der Waals surface area contributed by atoms with Gasteiger partial charge in [0.05, 0.1) is 17.0 Å². The Balaban J connectivity index is 1.51. The van der Waals surface area contributed by atoms with Crippen LogP contribution in [-0.4, -0.2) is 35.9 Å². The fourth-order valence-electron chi connectivity index (χ4n) is 3.36. The van der Waals surface area contributed by atoms with E-state index in [1.54, 1.807) is 6.07 Å². The largest absolute Gasteiger partial charge is 0.407 e. The van der Waals surface area contributed by atoms with Gasteiger partial charge in [-0.15, -0.1) is 0 Å². The smallest absolute Gasteiger partial charge is 0.290 e. The molecule has 1 unspecified atom stereocenters. The molecular weight excluding hydrogens is 442 g/mol. The third-order valence-electron chi connectivity index (χ3n) is 5.05. The Kier molecular flexibility index (Phi) is 7.08. The van der Waals surface area contributed by atoms with Gasteiger partial charge >= 0.3 is 0 Å². The van der Waals surface area contributed by atoms with Gasteiger partial charge in [-0.2, -0.15) is 0 Å². The highest BCUT2D eigenvalue weighted by Crippen LogP contribution is 2.23. The molecule has 0 radical (unpaired) electrons. The first-order valence-electron chi connectivity index (χ1n) is 10.7. The summed E-state index contributed by atoms with van der Waals surface area (Å²) in [6.45, 7) is 0. The van der Waals surface area contributed by atoms with Gasteiger partial charge < -0.3 is 26.1 Å². The topological polar surface area (TPSA) is 146 Å². The van der Waals surface area contributed by atoms with Crippen molar-refractivity contribution in [1.29, 1.82) is 16.2 Å². The maximum atomic E-state index is 12.9. The quantitative estimate of drug-likeness (QED) is 0.242. The summed E-state index contributed by atoms with van der Waals surface area (Å²) in [5.74, 6) is -0.915. The Hall–Kier alpha value is -5.05. The van der Waals surface area contributed by atoms with Crippen LogP contribution < -0.4 is 16.0 Å². The number of nitrogens with one attached hydrogen (secondary N) is 6. The zero-order chi connectivity index (χ0) is 24.6. The van der Waals surface area contributed by atoms with E-state index < -0.39 is 24.0 Å². The zero-order valence-corrected chi connectivity index (χ0v) is 18.6. The van der Waals surface area contributed by atoms with Crippen LogP contribution >= 0.6 is 0 Å². The van der Waals surface area contributed by atoms with Gasteiger partial charge in [0.15, 0.2) is 0 Å². The van der Waals surface area contributed by atoms with Crippen LogP contribution in [0.15, 0.2) is 102 Å². The Morgan fingerprint density at radius 1 is 0.943 bits per heavy atom. The lowest BCUT2D eigenvalue weighted by Crippen LogP contribution is -2.43. The SMILES string of the molecule is N=C/C(=C\Nc1ccccc1)C(=N)OC(=N)NC1N=C(c2ccccc2)c2ccccc2NC1=O. The highest BCUT2D eigenvalue weighted by molar-refractivity contribution is 6.20. The molecule has 35 heavy (non-hydrogen) atoms. The summed E-state index contributed by atoms with van der Waals surface area (Å²) < 4.78 is 5.25. The van der Waals surface area contributed by atoms with Gasteiger partial charge in [-0.05, 0) is 18.2 Å². The first-order chi connectivity index (χ1) is 17.0. The van der Waals surface area contributed by atoms with Crippen molar-refractivity contribution >= 4 is 41.1 Å². The Morgan fingerprint density at radius 3 is 2.31 bits per heavy atom. The molecule has 174 valence electrons. The number of benzene rings is 3. The van der Waals surface area contributed by atoms with Crippen molar-refractivity contribution in [3.05, 3.63) is 108 Å². The lowest BCUT2D eigenvalue weighted by Gasteiger charge is -2.15. The fourth-order valence-corrected chi connectivity index (χ4v) is 3.36. The maximum Gasteiger partial charge on any atom is 0.290 e. The number of ether oxygens (including phenoxy) is 1. The number of aliphatic imine (C=N–C) groups is 1. The molecule has 0 aliphatic carbocycles. The van der Waals surface area contributed by atoms with Crippen molar-refractivity contribution < 1.29 is 9.53 Å². The van der Waals surface area contributed by atoms with E-state index in [1.165, 1.54) is 6.20 Å². The van der Waals surface area contributed by atoms with Crippen LogP contribution in [0.1, 0.15) is 11.1 Å². The van der Waals surface area contributed by atoms with Crippen LogP contribution in [0.3, 0.4) is 0 Å². The van der Waals surface area contributed by atoms with Crippen LogP contribution in [0, 0.1) is 16.2 Å². The second-order valence-electron chi connectivity index (χ2n) is 7.44. The fraction of sp³-hybridized carbons (Fsp3) is 0.0385. The first-order valence-corrected chi connectivity index (χ1v) is 10.7. The standard InChI is InChI=1S/C26H23N7O2/c27-15-18(16-30-19-11-5-2-6-12-19)23(28)35-26(29)33-24-25(34)31-21-14-8-7-13-20(21)22(32-24)17-9-3-1-4-10-17/h1-16,24,27-28,30H,(H2,29,33)(H,31,34)/b18-16+,27-15?,28-23?. The number of rotatable bonds is 6. The minimum Gasteiger partial charge on any atom is -0.407 e. The summed E-state index contributed by atoms with van der Waals surface area (Å²) in [7, 11) is 0. The van der Waals surface area contributed by atoms with Gasteiger partial charge in [0.2, 0.25) is 12.1 Å². The van der Waals surface area contributed by atoms with E-state index in [0.717, 1.165) is 23.0 Å². The lowest BCUT2D eigenvalue weighted by molar-refractivity contribution is -0.117. The molecule has 0 spiro atoms. The highest BCUT2D eigenvalue weighted by atomic mass is 16.5. The second-order valence-corrected chi connectivity index (χ2v) is 7.44. The number of hydrogen-bond donors (Lipinski definition) is 6. The van der Waals surface area contributed by atoms with Crippen molar-refractivity contribution in [2.45, 2.75) is 6.17 Å². The highest BCUT2D eigenvalue weighted by Gasteiger charge is 2.27. The van der Waals surface area contributed by atoms with E-state index >= 15 is 0 Å². The molecule has 1 aliphatic heterocycles. The number of amides is 1. The summed E-state index contributed by atoms with van der Waals surface area (Å²) in [4.78, 5) is 17.5. The monoisotopic (exact) mass is 465 g/mol. The number of anilines is 2. The van der Waals surface area contributed by atoms with Gasteiger partial charge in [-0.1, -0.05) is 66.7 Å². The van der Waals surface area contributed by atoms with Crippen LogP contribution in [0.5, 0.6) is 0 Å². The van der Waals surface area contributed by atoms with Gasteiger partial charge in [-0.3, -0.25) is 15.6 Å². The molecule has 0 bridgehead atoms. The number of hydrogen-bond acceptors (Lipinski definition) is 7. The van der Waals surface area contributed by atoms with Crippen molar-refractivity contribution in [2.24, 2.45) is 4.99 Å². The van der Waals surface area contributed by atoms with Crippen LogP contribution in [0.2, 0.25) is 0 Å². The second kappa shape index (κ2) is 10.7. The van der Waals surface area contributed by atoms with Crippen molar-refractivity contribution in [3.63, 3.8) is 0 Å². The van der Waals surface area contributed by atoms with Crippen molar-refractivity contribution in [2.75, 3.05) is 10.6 Å². The number of para-hydroxylation sites is 2. The van der Waals surface area contributed by atoms with E-state index in [1.807, 2.05) is 78.9 Å². The molecule has 3 aromatic carbocycles. The molecular formula is C26H23N7O2. The molecule has 0 aromatic heterocycles. The Labute approximate surface area is 202 Å². The van der Waals surface area contributed by atoms with Crippen molar-refractivity contribution in [1.82, 2.24) is 5.32 Å². The molecule has 1 heterocycles. The van der Waals surface area contributed by atoms with Gasteiger partial charge in [-0.25, -0.2) is 4.99 Å². The normalized spacial score (nSPS) is 15.0. The van der Waals surface area contributed by atoms with Gasteiger partial charge in [0.1, 0.15) is 0 Å². The molecule has 0 fully saturated rings. The summed E-state index contributed by atoms with van der Waals surface area (Å²) in [6.07, 6.45) is 1.19. The maximum absolute atomic E-state index is 12.9. The number of carbonyl (C=O) groups excluding carboxylic acids is 1. The number of amidine groups is 1. The molecule has 1 amide bonds. The van der Waals surface area contributed by atoms with E-state index in [4.69, 9.17) is 21.0 Å². The zero-order valence-electron chi connectivity index (χ0n) is 18.6. The summed E-state index contributed by atoms with van der Waals surface area (Å²) in [5.41, 5.74) is 3.61. The number of nitrogens with zero attached hydrogens (tertiary/aromatic N) is 1. The average Bonchev–Trinajstić information content (AvgIpc) is 3.01. The molecule has 4 rings (SSSR count). The average molecular weight is 466 g/mol. The molecule has 0 saturated heterocycles. The molecule has 0 saturated carbocycles. The third kappa shape index (κ3) is 5.66. The van der Waals surface area contributed by atoms with Gasteiger partial charge in [0, 0.05) is 29.2 Å². The number of fused-ring (bicyclic) bond motifs is 1. The molecule has 6 N–H and O–H groups in total. The Morgan fingerprint density at radius 2 is 1.60 bits per heavy atom. The molecule has 1 atom stereocenters. The van der Waals surface area contributed by atoms with E-state index in [2.05, 4.69) is 20.9 Å². The van der Waals surface area contributed by atoms with Crippen LogP contribution in [0.4, 0.5) is 11.4 Å². The van der Waals surface area contributed by atoms with Crippen molar-refractivity contribution in [3.8, 4) is 0 Å².